The first-order valence-electron chi connectivity index (χ1n) is 6.51. The van der Waals surface area contributed by atoms with E-state index in [1.54, 1.807) is 0 Å². The fourth-order valence-electron chi connectivity index (χ4n) is 1.77. The van der Waals surface area contributed by atoms with Crippen LogP contribution in [-0.4, -0.2) is 71.3 Å². The Morgan fingerprint density at radius 3 is 1.44 bits per heavy atom. The first kappa shape index (κ1) is 24.7. The van der Waals surface area contributed by atoms with E-state index < -0.39 is 10.1 Å². The molecule has 0 aliphatic heterocycles. The van der Waals surface area contributed by atoms with Crippen molar-refractivity contribution < 1.29 is 13.0 Å². The van der Waals surface area contributed by atoms with Gasteiger partial charge in [0.15, 0.2) is 0 Å². The molecule has 18 heavy (non-hydrogen) atoms. The molecular weight excluding hydrogens is 271 g/mol. The van der Waals surface area contributed by atoms with Gasteiger partial charge in [-0.1, -0.05) is 64.7 Å². The van der Waals surface area contributed by atoms with Crippen molar-refractivity contribution in [3.05, 3.63) is 0 Å². The molecule has 6 heteroatoms. The number of hydrogen-bond acceptors (Lipinski definition) is 2. The van der Waals surface area contributed by atoms with Crippen LogP contribution in [0.2, 0.25) is 0 Å². The van der Waals surface area contributed by atoms with Gasteiger partial charge in [-0.25, -0.2) is 0 Å². The molecule has 0 saturated heterocycles. The van der Waals surface area contributed by atoms with Gasteiger partial charge in [0, 0.05) is 0 Å². The maximum atomic E-state index is 10.4. The Kier molecular flexibility index (Phi) is 22.9. The van der Waals surface area contributed by atoms with E-state index in [0.29, 0.717) is 6.42 Å². The van der Waals surface area contributed by atoms with Crippen LogP contribution in [0, 0.1) is 0 Å². The van der Waals surface area contributed by atoms with E-state index in [9.17, 15) is 8.42 Å². The quantitative estimate of drug-likeness (QED) is 0.362. The van der Waals surface area contributed by atoms with Crippen molar-refractivity contribution in [1.29, 1.82) is 0 Å². The minimum atomic E-state index is -3.73. The van der Waals surface area contributed by atoms with Crippen LogP contribution in [0.1, 0.15) is 71.1 Å². The maximum absolute atomic E-state index is 10.4. The molecule has 0 aromatic rings. The Bertz CT molecular complexity index is 246. The Balaban J connectivity index is -0.00000112. The van der Waals surface area contributed by atoms with Gasteiger partial charge < -0.3 is 0 Å². The molecule has 0 aromatic heterocycles. The number of rotatable bonds is 11. The van der Waals surface area contributed by atoms with Gasteiger partial charge in [0.25, 0.3) is 10.1 Å². The first-order chi connectivity index (χ1) is 7.56. The third-order valence-electron chi connectivity index (χ3n) is 2.76. The van der Waals surface area contributed by atoms with Crippen LogP contribution in [-0.2, 0) is 10.1 Å². The van der Waals surface area contributed by atoms with E-state index in [1.807, 2.05) is 0 Å². The summed E-state index contributed by atoms with van der Waals surface area (Å²) in [6.07, 6.45) is 11.7. The van der Waals surface area contributed by atoms with Crippen LogP contribution in [0.5, 0.6) is 0 Å². The second-order valence-electron chi connectivity index (χ2n) is 4.47. The molecule has 0 amide bonds. The summed E-state index contributed by atoms with van der Waals surface area (Å²) < 4.78 is 29.4. The standard InChI is InChI=1S/C12H26O3S.Mg.Na.3H/c1-2-3-4-5-6-7-8-9-10-11-12-16(13,14)15;;;;;/h2-12H2,1H3,(H,13,14,15);;;;;. The Morgan fingerprint density at radius 2 is 1.11 bits per heavy atom. The molecule has 0 unspecified atom stereocenters. The van der Waals surface area contributed by atoms with Crippen LogP contribution in [0.25, 0.3) is 0 Å². The first-order valence-corrected chi connectivity index (χ1v) is 8.12. The van der Waals surface area contributed by atoms with Crippen LogP contribution in [0.15, 0.2) is 0 Å². The Hall–Kier alpha value is 1.68. The van der Waals surface area contributed by atoms with Gasteiger partial charge in [-0.05, 0) is 6.42 Å². The number of unbranched alkanes of at least 4 members (excludes halogenated alkanes) is 9. The summed E-state index contributed by atoms with van der Waals surface area (Å²) in [7, 11) is -3.73. The Morgan fingerprint density at radius 1 is 0.778 bits per heavy atom. The summed E-state index contributed by atoms with van der Waals surface area (Å²) >= 11 is 0. The molecule has 1 N–H and O–H groups in total. The third-order valence-corrected chi connectivity index (χ3v) is 3.56. The molecule has 0 heterocycles. The molecule has 0 aliphatic rings. The molecule has 3 nitrogen and oxygen atoms in total. The molecule has 0 bridgehead atoms. The predicted molar refractivity (Wildman–Crippen MR) is 84.0 cm³/mol. The average Bonchev–Trinajstić information content (AvgIpc) is 2.19. The molecule has 104 valence electrons. The monoisotopic (exact) mass is 300 g/mol. The van der Waals surface area contributed by atoms with Gasteiger partial charge in [-0.15, -0.1) is 0 Å². The fraction of sp³-hybridized carbons (Fsp3) is 1.00. The van der Waals surface area contributed by atoms with Crippen molar-refractivity contribution in [2.75, 3.05) is 5.75 Å². The Labute approximate surface area is 151 Å². The second-order valence-corrected chi connectivity index (χ2v) is 6.04. The van der Waals surface area contributed by atoms with Crippen LogP contribution in [0.3, 0.4) is 0 Å². The number of hydrogen-bond donors (Lipinski definition) is 1. The SMILES string of the molecule is CCCCCCCCCCCCS(=O)(=O)O.[MgH2].[NaH]. The summed E-state index contributed by atoms with van der Waals surface area (Å²) in [5.41, 5.74) is 0. The van der Waals surface area contributed by atoms with E-state index in [4.69, 9.17) is 4.55 Å². The topological polar surface area (TPSA) is 54.4 Å². The summed E-state index contributed by atoms with van der Waals surface area (Å²) in [6.45, 7) is 2.22. The van der Waals surface area contributed by atoms with Crippen molar-refractivity contribution in [3.63, 3.8) is 0 Å². The zero-order valence-corrected chi connectivity index (χ0v) is 11.3. The summed E-state index contributed by atoms with van der Waals surface area (Å²) in [6, 6.07) is 0. The minimum absolute atomic E-state index is 0. The molecule has 0 rings (SSSR count). The van der Waals surface area contributed by atoms with Crippen LogP contribution < -0.4 is 0 Å². The zero-order valence-electron chi connectivity index (χ0n) is 10.5. The van der Waals surface area contributed by atoms with Gasteiger partial charge in [-0.2, -0.15) is 8.42 Å². The zero-order chi connectivity index (χ0) is 12.3. The molecular formula is C12H29MgNaO3S. The van der Waals surface area contributed by atoms with Crippen LogP contribution >= 0.6 is 0 Å². The molecule has 0 aromatic carbocycles. The van der Waals surface area contributed by atoms with Gasteiger partial charge >= 0.3 is 52.6 Å². The van der Waals surface area contributed by atoms with E-state index in [2.05, 4.69) is 6.92 Å². The molecule has 0 aliphatic carbocycles. The van der Waals surface area contributed by atoms with E-state index in [1.165, 1.54) is 44.9 Å². The normalized spacial score (nSPS) is 10.6. The average molecular weight is 301 g/mol. The summed E-state index contributed by atoms with van der Waals surface area (Å²) in [4.78, 5) is 0. The molecule has 0 saturated carbocycles. The van der Waals surface area contributed by atoms with Gasteiger partial charge in [0.05, 0.1) is 5.75 Å². The molecule has 0 radical (unpaired) electrons. The molecule has 0 atom stereocenters. The van der Waals surface area contributed by atoms with E-state index in [0.717, 1.165) is 12.8 Å². The summed E-state index contributed by atoms with van der Waals surface area (Å²) in [5, 5.41) is 0. The second kappa shape index (κ2) is 16.7. The van der Waals surface area contributed by atoms with Crippen LogP contribution in [0.4, 0.5) is 0 Å². The van der Waals surface area contributed by atoms with Crippen molar-refractivity contribution in [2.45, 2.75) is 71.1 Å². The van der Waals surface area contributed by atoms with Gasteiger partial charge in [0.2, 0.25) is 0 Å². The van der Waals surface area contributed by atoms with Gasteiger partial charge in [0.1, 0.15) is 0 Å². The van der Waals surface area contributed by atoms with Crippen molar-refractivity contribution >= 4 is 62.7 Å². The molecule has 0 fully saturated rings. The van der Waals surface area contributed by atoms with Gasteiger partial charge in [-0.3, -0.25) is 4.55 Å². The molecule has 0 spiro atoms. The summed E-state index contributed by atoms with van der Waals surface area (Å²) in [5.74, 6) is -0.0799. The fourth-order valence-corrected chi connectivity index (χ4v) is 2.34. The predicted octanol–water partition coefficient (Wildman–Crippen LogP) is 2.23. The van der Waals surface area contributed by atoms with E-state index >= 15 is 0 Å². The van der Waals surface area contributed by atoms with Crippen molar-refractivity contribution in [3.8, 4) is 0 Å². The third kappa shape index (κ3) is 22.8. The van der Waals surface area contributed by atoms with Crippen molar-refractivity contribution in [2.24, 2.45) is 0 Å². The van der Waals surface area contributed by atoms with E-state index in [-0.39, 0.29) is 58.4 Å². The van der Waals surface area contributed by atoms with Crippen molar-refractivity contribution in [1.82, 2.24) is 0 Å².